The lowest BCUT2D eigenvalue weighted by Gasteiger charge is -2.09. The van der Waals surface area contributed by atoms with Crippen molar-refractivity contribution in [3.05, 3.63) is 72.3 Å². The Kier molecular flexibility index (Phi) is 5.26. The second-order valence-corrected chi connectivity index (χ2v) is 8.08. The first kappa shape index (κ1) is 19.8. The monoisotopic (exact) mass is 521 g/mol. The number of aromatic nitrogens is 6. The lowest BCUT2D eigenvalue weighted by atomic mass is 10.1. The summed E-state index contributed by atoms with van der Waals surface area (Å²) in [7, 11) is 0. The van der Waals surface area contributed by atoms with E-state index in [0.29, 0.717) is 11.2 Å². The van der Waals surface area contributed by atoms with Gasteiger partial charge < -0.3 is 5.73 Å². The normalized spacial score (nSPS) is 11.3. The predicted molar refractivity (Wildman–Crippen MR) is 120 cm³/mol. The Labute approximate surface area is 184 Å². The third-order valence-electron chi connectivity index (χ3n) is 4.70. The summed E-state index contributed by atoms with van der Waals surface area (Å²) in [6.45, 7) is 4.49. The van der Waals surface area contributed by atoms with Gasteiger partial charge in [-0.15, -0.1) is 0 Å². The molecule has 4 aromatic heterocycles. The van der Waals surface area contributed by atoms with Crippen LogP contribution in [0.2, 0.25) is 5.15 Å². The minimum absolute atomic E-state index is 0.00871. The summed E-state index contributed by atoms with van der Waals surface area (Å²) in [5, 5.41) is 0.127. The van der Waals surface area contributed by atoms with Crippen molar-refractivity contribution in [1.82, 2.24) is 29.1 Å². The molecule has 0 aromatic carbocycles. The molecule has 0 fully saturated rings. The number of anilines is 1. The zero-order chi connectivity index (χ0) is 20.7. The van der Waals surface area contributed by atoms with E-state index in [1.165, 1.54) is 9.13 Å². The van der Waals surface area contributed by atoms with Crippen LogP contribution >= 0.6 is 34.2 Å². The van der Waals surface area contributed by atoms with Gasteiger partial charge in [-0.2, -0.15) is 9.97 Å². The fourth-order valence-electron chi connectivity index (χ4n) is 3.19. The number of hydrogen-bond acceptors (Lipinski definition) is 6. The predicted octanol–water partition coefficient (Wildman–Crippen LogP) is 2.94. The number of pyridine rings is 2. The first-order valence-electron chi connectivity index (χ1n) is 8.79. The number of fused-ring (bicyclic) bond motifs is 1. The topological polar surface area (TPSA) is 105 Å². The minimum atomic E-state index is -0.274. The number of hydrogen-bond donors (Lipinski definition) is 1. The zero-order valence-corrected chi connectivity index (χ0v) is 18.6. The van der Waals surface area contributed by atoms with Gasteiger partial charge in [-0.1, -0.05) is 17.7 Å². The molecule has 4 rings (SSSR count). The number of nitrogens with zero attached hydrogens (tertiary/aromatic N) is 6. The van der Waals surface area contributed by atoms with Crippen molar-refractivity contribution in [2.75, 3.05) is 5.73 Å². The van der Waals surface area contributed by atoms with Crippen LogP contribution in [0.3, 0.4) is 0 Å². The molecule has 0 saturated carbocycles. The van der Waals surface area contributed by atoms with Gasteiger partial charge in [0.25, 0.3) is 0 Å². The molecule has 10 heteroatoms. The molecule has 8 nitrogen and oxygen atoms in total. The van der Waals surface area contributed by atoms with E-state index in [2.05, 4.69) is 42.5 Å². The van der Waals surface area contributed by atoms with Gasteiger partial charge in [0, 0.05) is 16.0 Å². The van der Waals surface area contributed by atoms with E-state index in [-0.39, 0.29) is 29.9 Å². The first-order valence-corrected chi connectivity index (χ1v) is 10.2. The van der Waals surface area contributed by atoms with Crippen LogP contribution in [0.4, 0.5) is 5.95 Å². The van der Waals surface area contributed by atoms with Gasteiger partial charge in [0.1, 0.15) is 5.52 Å². The van der Waals surface area contributed by atoms with E-state index in [0.717, 1.165) is 26.1 Å². The SMILES string of the molecule is Cc1cnc(Cn2c(=O)n(Cc3ccccn3)c3c(Cl)nc(N)nc32)c(C)c1I. The number of nitrogen functional groups attached to an aromatic ring is 1. The van der Waals surface area contributed by atoms with Crippen molar-refractivity contribution in [2.24, 2.45) is 0 Å². The molecule has 0 atom stereocenters. The van der Waals surface area contributed by atoms with E-state index < -0.39 is 0 Å². The van der Waals surface area contributed by atoms with E-state index in [1.807, 2.05) is 32.0 Å². The third kappa shape index (κ3) is 3.60. The Balaban J connectivity index is 1.92. The molecule has 4 heterocycles. The number of imidazole rings is 1. The van der Waals surface area contributed by atoms with Crippen LogP contribution in [0.15, 0.2) is 35.4 Å². The molecule has 0 saturated heterocycles. The van der Waals surface area contributed by atoms with Gasteiger partial charge >= 0.3 is 5.69 Å². The second-order valence-electron chi connectivity index (χ2n) is 6.65. The van der Waals surface area contributed by atoms with Crippen molar-refractivity contribution in [2.45, 2.75) is 26.9 Å². The Morgan fingerprint density at radius 1 is 1.14 bits per heavy atom. The molecular formula is C19H17ClIN7O. The molecule has 0 aliphatic heterocycles. The van der Waals surface area contributed by atoms with Gasteiger partial charge in [-0.05, 0) is 59.7 Å². The summed E-state index contributed by atoms with van der Waals surface area (Å²) in [5.41, 5.74) is 9.96. The van der Waals surface area contributed by atoms with Crippen molar-refractivity contribution in [3.8, 4) is 0 Å². The molecule has 0 aliphatic carbocycles. The summed E-state index contributed by atoms with van der Waals surface area (Å²) in [6, 6.07) is 5.53. The molecule has 2 N–H and O–H groups in total. The number of halogens is 2. The van der Waals surface area contributed by atoms with Crippen LogP contribution in [0.25, 0.3) is 11.2 Å². The highest BCUT2D eigenvalue weighted by Gasteiger charge is 2.21. The van der Waals surface area contributed by atoms with Crippen molar-refractivity contribution < 1.29 is 0 Å². The molecule has 29 heavy (non-hydrogen) atoms. The highest BCUT2D eigenvalue weighted by molar-refractivity contribution is 14.1. The van der Waals surface area contributed by atoms with Gasteiger partial charge in [0.05, 0.1) is 24.5 Å². The average Bonchev–Trinajstić information content (AvgIpc) is 2.95. The summed E-state index contributed by atoms with van der Waals surface area (Å²) >= 11 is 8.65. The Morgan fingerprint density at radius 3 is 2.66 bits per heavy atom. The summed E-state index contributed by atoms with van der Waals surface area (Å²) in [4.78, 5) is 30.5. The Bertz CT molecular complexity index is 1280. The zero-order valence-electron chi connectivity index (χ0n) is 15.7. The van der Waals surface area contributed by atoms with E-state index in [1.54, 1.807) is 12.4 Å². The molecule has 0 aliphatic rings. The standard InChI is InChI=1S/C19H17ClIN7O/c1-10-7-24-13(11(2)14(10)21)9-28-17-15(16(20)25-18(22)26-17)27(19(28)29)8-12-5-3-4-6-23-12/h3-7H,8-9H2,1-2H3,(H2,22,25,26). The van der Waals surface area contributed by atoms with Crippen LogP contribution in [-0.4, -0.2) is 29.1 Å². The lowest BCUT2D eigenvalue weighted by molar-refractivity contribution is 0.679. The number of aryl methyl sites for hydroxylation is 1. The second kappa shape index (κ2) is 7.71. The van der Waals surface area contributed by atoms with Crippen LogP contribution < -0.4 is 11.4 Å². The van der Waals surface area contributed by atoms with E-state index in [4.69, 9.17) is 17.3 Å². The number of rotatable bonds is 4. The molecular weight excluding hydrogens is 505 g/mol. The largest absolute Gasteiger partial charge is 0.368 e. The van der Waals surface area contributed by atoms with E-state index >= 15 is 0 Å². The molecule has 148 valence electrons. The average molecular weight is 522 g/mol. The fraction of sp³-hybridized carbons (Fsp3) is 0.211. The van der Waals surface area contributed by atoms with Crippen molar-refractivity contribution in [3.63, 3.8) is 0 Å². The molecule has 0 bridgehead atoms. The van der Waals surface area contributed by atoms with Crippen LogP contribution in [0.1, 0.15) is 22.5 Å². The van der Waals surface area contributed by atoms with Crippen LogP contribution in [0.5, 0.6) is 0 Å². The van der Waals surface area contributed by atoms with Gasteiger partial charge in [0.15, 0.2) is 10.8 Å². The smallest absolute Gasteiger partial charge is 0.331 e. The molecule has 0 spiro atoms. The van der Waals surface area contributed by atoms with Crippen molar-refractivity contribution in [1.29, 1.82) is 0 Å². The van der Waals surface area contributed by atoms with Crippen molar-refractivity contribution >= 4 is 51.3 Å². The van der Waals surface area contributed by atoms with Gasteiger partial charge in [-0.25, -0.2) is 4.79 Å². The summed E-state index contributed by atoms with van der Waals surface area (Å²) in [6.07, 6.45) is 3.48. The summed E-state index contributed by atoms with van der Waals surface area (Å²) in [5.74, 6) is 0.00871. The quantitative estimate of drug-likeness (QED) is 0.327. The maximum atomic E-state index is 13.3. The lowest BCUT2D eigenvalue weighted by Crippen LogP contribution is -2.26. The van der Waals surface area contributed by atoms with Gasteiger partial charge in [0.2, 0.25) is 5.95 Å². The Hall–Kier alpha value is -2.53. The third-order valence-corrected chi connectivity index (χ3v) is 6.63. The van der Waals surface area contributed by atoms with Crippen LogP contribution in [-0.2, 0) is 13.1 Å². The summed E-state index contributed by atoms with van der Waals surface area (Å²) < 4.78 is 4.17. The maximum absolute atomic E-state index is 13.3. The first-order chi connectivity index (χ1) is 13.9. The maximum Gasteiger partial charge on any atom is 0.331 e. The Morgan fingerprint density at radius 2 is 1.93 bits per heavy atom. The highest BCUT2D eigenvalue weighted by atomic mass is 127. The van der Waals surface area contributed by atoms with E-state index in [9.17, 15) is 4.79 Å². The van der Waals surface area contributed by atoms with Crippen LogP contribution in [0, 0.1) is 17.4 Å². The molecule has 0 radical (unpaired) electrons. The van der Waals surface area contributed by atoms with Gasteiger partial charge in [-0.3, -0.25) is 19.1 Å². The molecule has 0 amide bonds. The molecule has 4 aromatic rings. The minimum Gasteiger partial charge on any atom is -0.368 e. The number of nitrogens with two attached hydrogens (primary N) is 1. The fourth-order valence-corrected chi connectivity index (χ4v) is 3.91. The highest BCUT2D eigenvalue weighted by Crippen LogP contribution is 2.23. The molecule has 0 unspecified atom stereocenters.